The van der Waals surface area contributed by atoms with Crippen LogP contribution in [-0.2, 0) is 9.59 Å². The van der Waals surface area contributed by atoms with E-state index >= 15 is 0 Å². The minimum absolute atomic E-state index is 0.169. The summed E-state index contributed by atoms with van der Waals surface area (Å²) in [6, 6.07) is -1.11. The van der Waals surface area contributed by atoms with Crippen LogP contribution in [0.5, 0.6) is 0 Å². The molecule has 0 saturated carbocycles. The fraction of sp³-hybridized carbons (Fsp3) is 0.846. The molecule has 0 saturated heterocycles. The van der Waals surface area contributed by atoms with E-state index in [0.717, 1.165) is 0 Å². The number of hydrogen-bond acceptors (Lipinski definition) is 5. The number of ketones is 1. The summed E-state index contributed by atoms with van der Waals surface area (Å²) < 4.78 is 0. The number of Topliss-reactive ketones (excluding diaryl/α,β-unsaturated/α-hetero) is 1. The Morgan fingerprint density at radius 3 is 2.05 bits per heavy atom. The number of aliphatic hydroxyl groups is 1. The van der Waals surface area contributed by atoms with Crippen LogP contribution >= 0.6 is 0 Å². The third-order valence-electron chi connectivity index (χ3n) is 2.99. The Kier molecular flexibility index (Phi) is 6.62. The summed E-state index contributed by atoms with van der Waals surface area (Å²) in [5, 5.41) is 18.9. The van der Waals surface area contributed by atoms with Crippen molar-refractivity contribution < 1.29 is 19.8 Å². The molecule has 0 aromatic carbocycles. The SMILES string of the molecule is CC(C)CC(C(=O)[C@@H](N)CC(=O)O)C(O)C(C)(C)N. The monoisotopic (exact) mass is 274 g/mol. The van der Waals surface area contributed by atoms with E-state index in [1.807, 2.05) is 13.8 Å². The minimum Gasteiger partial charge on any atom is -0.481 e. The van der Waals surface area contributed by atoms with Gasteiger partial charge in [-0.15, -0.1) is 0 Å². The van der Waals surface area contributed by atoms with Crippen molar-refractivity contribution in [3.63, 3.8) is 0 Å². The van der Waals surface area contributed by atoms with Crippen molar-refractivity contribution in [3.05, 3.63) is 0 Å². The highest BCUT2D eigenvalue weighted by molar-refractivity contribution is 5.90. The summed E-state index contributed by atoms with van der Waals surface area (Å²) in [5.74, 6) is -2.15. The van der Waals surface area contributed by atoms with Crippen molar-refractivity contribution in [2.75, 3.05) is 0 Å². The second-order valence-electron chi connectivity index (χ2n) is 6.11. The number of hydrogen-bond donors (Lipinski definition) is 4. The van der Waals surface area contributed by atoms with E-state index < -0.39 is 41.8 Å². The number of aliphatic hydroxyl groups excluding tert-OH is 1. The number of carbonyl (C=O) groups excluding carboxylic acids is 1. The van der Waals surface area contributed by atoms with Gasteiger partial charge >= 0.3 is 5.97 Å². The lowest BCUT2D eigenvalue weighted by Crippen LogP contribution is -2.54. The molecule has 0 spiro atoms. The Morgan fingerprint density at radius 2 is 1.74 bits per heavy atom. The second kappa shape index (κ2) is 6.98. The van der Waals surface area contributed by atoms with E-state index in [-0.39, 0.29) is 5.92 Å². The molecule has 0 radical (unpaired) electrons. The molecular formula is C13H26N2O4. The molecule has 0 aliphatic carbocycles. The van der Waals surface area contributed by atoms with Gasteiger partial charge < -0.3 is 21.7 Å². The molecule has 0 amide bonds. The Morgan fingerprint density at radius 1 is 1.26 bits per heavy atom. The van der Waals surface area contributed by atoms with Gasteiger partial charge in [-0.3, -0.25) is 9.59 Å². The Bertz CT molecular complexity index is 323. The van der Waals surface area contributed by atoms with Gasteiger partial charge in [0, 0.05) is 11.5 Å². The molecule has 0 fully saturated rings. The van der Waals surface area contributed by atoms with E-state index in [4.69, 9.17) is 16.6 Å². The van der Waals surface area contributed by atoms with Crippen molar-refractivity contribution >= 4 is 11.8 Å². The molecule has 0 aromatic heterocycles. The van der Waals surface area contributed by atoms with Gasteiger partial charge in [-0.1, -0.05) is 13.8 Å². The summed E-state index contributed by atoms with van der Waals surface area (Å²) in [7, 11) is 0. The quantitative estimate of drug-likeness (QED) is 0.498. The molecule has 112 valence electrons. The van der Waals surface area contributed by atoms with Crippen LogP contribution in [-0.4, -0.2) is 39.7 Å². The summed E-state index contributed by atoms with van der Waals surface area (Å²) in [5.41, 5.74) is 10.5. The van der Waals surface area contributed by atoms with Crippen LogP contribution < -0.4 is 11.5 Å². The molecule has 6 heteroatoms. The Balaban J connectivity index is 5.04. The molecule has 0 bridgehead atoms. The number of carboxylic acid groups (broad SMARTS) is 1. The van der Waals surface area contributed by atoms with Gasteiger partial charge in [0.1, 0.15) is 0 Å². The van der Waals surface area contributed by atoms with Crippen LogP contribution in [0.3, 0.4) is 0 Å². The first kappa shape index (κ1) is 18.0. The molecule has 6 N–H and O–H groups in total. The molecule has 0 aliphatic rings. The van der Waals surface area contributed by atoms with Gasteiger partial charge in [0.2, 0.25) is 0 Å². The molecule has 0 rings (SSSR count). The van der Waals surface area contributed by atoms with E-state index in [0.29, 0.717) is 6.42 Å². The maximum absolute atomic E-state index is 12.2. The summed E-state index contributed by atoms with van der Waals surface area (Å²) in [6.45, 7) is 7.08. The molecular weight excluding hydrogens is 248 g/mol. The smallest absolute Gasteiger partial charge is 0.305 e. The van der Waals surface area contributed by atoms with Gasteiger partial charge in [0.15, 0.2) is 5.78 Å². The topological polar surface area (TPSA) is 127 Å². The maximum Gasteiger partial charge on any atom is 0.305 e. The van der Waals surface area contributed by atoms with E-state index in [2.05, 4.69) is 0 Å². The van der Waals surface area contributed by atoms with Crippen LogP contribution in [0.2, 0.25) is 0 Å². The first-order valence-electron chi connectivity index (χ1n) is 6.44. The van der Waals surface area contributed by atoms with Crippen molar-refractivity contribution in [2.45, 2.75) is 58.2 Å². The lowest BCUT2D eigenvalue weighted by molar-refractivity contribution is -0.141. The minimum atomic E-state index is -1.13. The van der Waals surface area contributed by atoms with Crippen LogP contribution in [0.25, 0.3) is 0 Å². The van der Waals surface area contributed by atoms with Crippen LogP contribution in [0.4, 0.5) is 0 Å². The van der Waals surface area contributed by atoms with Gasteiger partial charge in [0.25, 0.3) is 0 Å². The standard InChI is InChI=1S/C13H26N2O4/c1-7(2)5-8(12(19)13(3,4)15)11(18)9(14)6-10(16)17/h7-9,12,19H,5-6,14-15H2,1-4H3,(H,16,17)/t8?,9-,12?/m0/s1. The zero-order valence-electron chi connectivity index (χ0n) is 12.1. The highest BCUT2D eigenvalue weighted by Gasteiger charge is 2.38. The zero-order valence-corrected chi connectivity index (χ0v) is 12.1. The number of nitrogens with two attached hydrogens (primary N) is 2. The summed E-state index contributed by atoms with van der Waals surface area (Å²) >= 11 is 0. The van der Waals surface area contributed by atoms with Crippen molar-refractivity contribution in [1.82, 2.24) is 0 Å². The van der Waals surface area contributed by atoms with Crippen molar-refractivity contribution in [1.29, 1.82) is 0 Å². The number of carbonyl (C=O) groups is 2. The normalized spacial score (nSPS) is 17.1. The first-order valence-corrected chi connectivity index (χ1v) is 6.44. The third kappa shape index (κ3) is 6.13. The highest BCUT2D eigenvalue weighted by atomic mass is 16.4. The molecule has 0 aromatic rings. The molecule has 0 heterocycles. The van der Waals surface area contributed by atoms with Gasteiger partial charge in [-0.25, -0.2) is 0 Å². The molecule has 2 unspecified atom stereocenters. The summed E-state index contributed by atoms with van der Waals surface area (Å²) in [6.07, 6.45) is -1.07. The molecule has 0 aliphatic heterocycles. The van der Waals surface area contributed by atoms with E-state index in [9.17, 15) is 14.7 Å². The average molecular weight is 274 g/mol. The number of rotatable bonds is 8. The largest absolute Gasteiger partial charge is 0.481 e. The molecule has 19 heavy (non-hydrogen) atoms. The first-order chi connectivity index (χ1) is 8.46. The lowest BCUT2D eigenvalue weighted by atomic mass is 9.78. The number of carboxylic acids is 1. The summed E-state index contributed by atoms with van der Waals surface area (Å²) in [4.78, 5) is 22.8. The Labute approximate surface area is 114 Å². The van der Waals surface area contributed by atoms with E-state index in [1.165, 1.54) is 0 Å². The second-order valence-corrected chi connectivity index (χ2v) is 6.11. The van der Waals surface area contributed by atoms with Crippen LogP contribution in [0.1, 0.15) is 40.5 Å². The van der Waals surface area contributed by atoms with Gasteiger partial charge in [0.05, 0.1) is 18.6 Å². The highest BCUT2D eigenvalue weighted by Crippen LogP contribution is 2.24. The van der Waals surface area contributed by atoms with Crippen LogP contribution in [0, 0.1) is 11.8 Å². The maximum atomic E-state index is 12.2. The fourth-order valence-electron chi connectivity index (χ4n) is 1.99. The van der Waals surface area contributed by atoms with Crippen molar-refractivity contribution in [3.8, 4) is 0 Å². The van der Waals surface area contributed by atoms with E-state index in [1.54, 1.807) is 13.8 Å². The van der Waals surface area contributed by atoms with Crippen molar-refractivity contribution in [2.24, 2.45) is 23.3 Å². The zero-order chi connectivity index (χ0) is 15.4. The van der Waals surface area contributed by atoms with Gasteiger partial charge in [-0.2, -0.15) is 0 Å². The third-order valence-corrected chi connectivity index (χ3v) is 2.99. The average Bonchev–Trinajstić information content (AvgIpc) is 2.21. The molecule has 3 atom stereocenters. The lowest BCUT2D eigenvalue weighted by Gasteiger charge is -2.34. The predicted molar refractivity (Wildman–Crippen MR) is 72.5 cm³/mol. The predicted octanol–water partition coefficient (Wildman–Crippen LogP) is 0.118. The van der Waals surface area contributed by atoms with Crippen LogP contribution in [0.15, 0.2) is 0 Å². The fourth-order valence-corrected chi connectivity index (χ4v) is 1.99. The molecule has 6 nitrogen and oxygen atoms in total. The van der Waals surface area contributed by atoms with Gasteiger partial charge in [-0.05, 0) is 26.2 Å². The number of aliphatic carboxylic acids is 1. The Hall–Kier alpha value is -0.980.